The van der Waals surface area contributed by atoms with Crippen molar-refractivity contribution >= 4 is 11.9 Å². The van der Waals surface area contributed by atoms with Gasteiger partial charge in [0.15, 0.2) is 0 Å². The normalized spacial score (nSPS) is 20.5. The van der Waals surface area contributed by atoms with Crippen LogP contribution >= 0.6 is 0 Å². The van der Waals surface area contributed by atoms with Gasteiger partial charge in [0.25, 0.3) is 0 Å². The summed E-state index contributed by atoms with van der Waals surface area (Å²) in [6.07, 6.45) is -3.26. The van der Waals surface area contributed by atoms with Crippen molar-refractivity contribution < 1.29 is 32.3 Å². The first-order valence-electron chi connectivity index (χ1n) is 7.95. The van der Waals surface area contributed by atoms with Gasteiger partial charge in [-0.05, 0) is 25.0 Å². The molecule has 1 heterocycles. The molecule has 2 atom stereocenters. The van der Waals surface area contributed by atoms with E-state index in [1.165, 1.54) is 18.2 Å². The molecule has 9 heteroatoms. The molecule has 0 aliphatic carbocycles. The molecule has 1 N–H and O–H groups in total. The molecule has 0 saturated carbocycles. The predicted octanol–water partition coefficient (Wildman–Crippen LogP) is 2.22. The molecule has 2 rings (SSSR count). The number of nitrogens with zero attached hydrogens (tertiary/aromatic N) is 1. The molecule has 1 aliphatic heterocycles. The highest BCUT2D eigenvalue weighted by atomic mass is 19.4. The number of nitrogens with one attached hydrogen (secondary N) is 1. The second-order valence-corrected chi connectivity index (χ2v) is 5.70. The highest BCUT2D eigenvalue weighted by Crippen LogP contribution is 2.26. The van der Waals surface area contributed by atoms with E-state index >= 15 is 0 Å². The monoisotopic (exact) mass is 372 g/mol. The van der Waals surface area contributed by atoms with Gasteiger partial charge in [0.2, 0.25) is 0 Å². The number of carbonyl (C=O) groups excluding carboxylic acids is 2. The molecule has 1 amide bonds. The van der Waals surface area contributed by atoms with Crippen molar-refractivity contribution in [1.29, 1.82) is 0 Å². The number of ether oxygens (including phenoxy) is 1. The molecule has 1 aromatic carbocycles. The maximum Gasteiger partial charge on any atom is 0.471 e. The number of likely N-dealkylation sites (tertiary alicyclic amines) is 1. The molecular formula is C17H19F3N2O4. The summed E-state index contributed by atoms with van der Waals surface area (Å²) in [5.41, 5.74) is 2.58. The molecule has 1 aliphatic rings. The third-order valence-electron chi connectivity index (χ3n) is 3.77. The van der Waals surface area contributed by atoms with Crippen LogP contribution in [0.15, 0.2) is 43.0 Å². The third kappa shape index (κ3) is 5.30. The first-order chi connectivity index (χ1) is 12.3. The summed E-state index contributed by atoms with van der Waals surface area (Å²) in [5, 5.41) is 0. The van der Waals surface area contributed by atoms with Crippen LogP contribution in [0.3, 0.4) is 0 Å². The lowest BCUT2D eigenvalue weighted by atomic mass is 9.98. The van der Waals surface area contributed by atoms with Gasteiger partial charge in [-0.3, -0.25) is 9.63 Å². The van der Waals surface area contributed by atoms with Gasteiger partial charge >= 0.3 is 18.1 Å². The van der Waals surface area contributed by atoms with E-state index in [1.807, 2.05) is 0 Å². The average molecular weight is 372 g/mol. The summed E-state index contributed by atoms with van der Waals surface area (Å²) in [6, 6.07) is 6.10. The number of hydrogen-bond acceptors (Lipinski definition) is 5. The highest BCUT2D eigenvalue weighted by Gasteiger charge is 2.48. The number of benzene rings is 1. The van der Waals surface area contributed by atoms with Crippen LogP contribution in [0.1, 0.15) is 12.8 Å². The van der Waals surface area contributed by atoms with E-state index in [4.69, 9.17) is 9.57 Å². The van der Waals surface area contributed by atoms with Crippen LogP contribution in [0.5, 0.6) is 5.75 Å². The molecule has 1 fully saturated rings. The van der Waals surface area contributed by atoms with E-state index in [2.05, 4.69) is 12.1 Å². The zero-order chi connectivity index (χ0) is 19.2. The molecule has 0 spiro atoms. The Balaban J connectivity index is 2.11. The Morgan fingerprint density at radius 3 is 2.58 bits per heavy atom. The summed E-state index contributed by atoms with van der Waals surface area (Å²) in [5.74, 6) is -2.78. The quantitative estimate of drug-likeness (QED) is 0.273. The molecule has 26 heavy (non-hydrogen) atoms. The van der Waals surface area contributed by atoms with Crippen LogP contribution in [-0.4, -0.2) is 48.2 Å². The van der Waals surface area contributed by atoms with Crippen molar-refractivity contribution in [2.24, 2.45) is 0 Å². The first-order valence-corrected chi connectivity index (χ1v) is 7.95. The Bertz CT molecular complexity index is 637. The summed E-state index contributed by atoms with van der Waals surface area (Å²) in [7, 11) is 0. The van der Waals surface area contributed by atoms with E-state index in [0.717, 1.165) is 0 Å². The molecule has 0 radical (unpaired) electrons. The van der Waals surface area contributed by atoms with Crippen LogP contribution in [0.25, 0.3) is 0 Å². The van der Waals surface area contributed by atoms with Crippen LogP contribution < -0.4 is 10.2 Å². The van der Waals surface area contributed by atoms with Crippen LogP contribution in [0, 0.1) is 0 Å². The summed E-state index contributed by atoms with van der Waals surface area (Å²) < 4.78 is 43.9. The fourth-order valence-electron chi connectivity index (χ4n) is 2.60. The third-order valence-corrected chi connectivity index (χ3v) is 3.77. The molecule has 6 nitrogen and oxygen atoms in total. The standard InChI is InChI=1S/C17H19F3N2O4/c1-2-10-25-21-12-8-9-14(22(11-12)16(24)17(18,19)20)15(23)26-13-6-4-3-5-7-13/h2-7,12,14,21H,1,8-11H2/t12-,14+/m0/s1. The maximum absolute atomic E-state index is 12.9. The topological polar surface area (TPSA) is 67.9 Å². The van der Waals surface area contributed by atoms with Gasteiger partial charge in [-0.2, -0.15) is 18.7 Å². The van der Waals surface area contributed by atoms with E-state index in [1.54, 1.807) is 18.2 Å². The summed E-state index contributed by atoms with van der Waals surface area (Å²) in [6.45, 7) is 3.28. The van der Waals surface area contributed by atoms with Gasteiger partial charge in [0.05, 0.1) is 6.61 Å². The Morgan fingerprint density at radius 1 is 1.27 bits per heavy atom. The van der Waals surface area contributed by atoms with Crippen molar-refractivity contribution in [2.45, 2.75) is 31.1 Å². The van der Waals surface area contributed by atoms with Crippen molar-refractivity contribution in [1.82, 2.24) is 10.4 Å². The largest absolute Gasteiger partial charge is 0.471 e. The second-order valence-electron chi connectivity index (χ2n) is 5.70. The number of piperidine rings is 1. The second kappa shape index (κ2) is 8.81. The van der Waals surface area contributed by atoms with E-state index in [9.17, 15) is 22.8 Å². The van der Waals surface area contributed by atoms with Crippen LogP contribution in [-0.2, 0) is 14.4 Å². The lowest BCUT2D eigenvalue weighted by Crippen LogP contribution is -2.59. The average Bonchev–Trinajstić information content (AvgIpc) is 2.61. The number of hydroxylamine groups is 1. The number of para-hydroxylation sites is 1. The van der Waals surface area contributed by atoms with Crippen LogP contribution in [0.4, 0.5) is 13.2 Å². The van der Waals surface area contributed by atoms with Gasteiger partial charge in [-0.15, -0.1) is 6.58 Å². The minimum absolute atomic E-state index is 0.0165. The number of carbonyl (C=O) groups is 2. The smallest absolute Gasteiger partial charge is 0.425 e. The number of hydrogen-bond donors (Lipinski definition) is 1. The van der Waals surface area contributed by atoms with E-state index < -0.39 is 30.1 Å². The minimum Gasteiger partial charge on any atom is -0.425 e. The maximum atomic E-state index is 12.9. The minimum atomic E-state index is -5.09. The number of amides is 1. The number of rotatable bonds is 6. The number of alkyl halides is 3. The zero-order valence-electron chi connectivity index (χ0n) is 13.9. The SMILES string of the molecule is C=CCON[C@H]1CC[C@H](C(=O)Oc2ccccc2)N(C(=O)C(F)(F)F)C1. The van der Waals surface area contributed by atoms with Gasteiger partial charge in [0.1, 0.15) is 11.8 Å². The lowest BCUT2D eigenvalue weighted by Gasteiger charge is -2.38. The van der Waals surface area contributed by atoms with Gasteiger partial charge in [-0.25, -0.2) is 4.79 Å². The molecule has 1 saturated heterocycles. The Kier molecular flexibility index (Phi) is 6.76. The fourth-order valence-corrected chi connectivity index (χ4v) is 2.60. The van der Waals surface area contributed by atoms with Crippen molar-refractivity contribution in [2.75, 3.05) is 13.2 Å². The van der Waals surface area contributed by atoms with E-state index in [0.29, 0.717) is 11.3 Å². The Hall–Kier alpha value is -2.39. The number of halogens is 3. The zero-order valence-corrected chi connectivity index (χ0v) is 13.9. The van der Waals surface area contributed by atoms with Crippen molar-refractivity contribution in [3.05, 3.63) is 43.0 Å². The summed E-state index contributed by atoms with van der Waals surface area (Å²) >= 11 is 0. The summed E-state index contributed by atoms with van der Waals surface area (Å²) in [4.78, 5) is 29.6. The van der Waals surface area contributed by atoms with Gasteiger partial charge in [0, 0.05) is 12.6 Å². The van der Waals surface area contributed by atoms with Crippen molar-refractivity contribution in [3.63, 3.8) is 0 Å². The molecule has 0 bridgehead atoms. The number of esters is 1. The Labute approximate surface area is 148 Å². The molecular weight excluding hydrogens is 353 g/mol. The van der Waals surface area contributed by atoms with E-state index in [-0.39, 0.29) is 25.3 Å². The van der Waals surface area contributed by atoms with Crippen LogP contribution in [0.2, 0.25) is 0 Å². The Morgan fingerprint density at radius 2 is 1.96 bits per heavy atom. The molecule has 0 aromatic heterocycles. The molecule has 1 aromatic rings. The van der Waals surface area contributed by atoms with Gasteiger partial charge < -0.3 is 9.64 Å². The first kappa shape index (κ1) is 19.9. The molecule has 142 valence electrons. The fraction of sp³-hybridized carbons (Fsp3) is 0.412. The van der Waals surface area contributed by atoms with Gasteiger partial charge in [-0.1, -0.05) is 24.3 Å². The highest BCUT2D eigenvalue weighted by molar-refractivity contribution is 5.88. The lowest BCUT2D eigenvalue weighted by molar-refractivity contribution is -0.192. The molecule has 0 unspecified atom stereocenters. The predicted molar refractivity (Wildman–Crippen MR) is 85.9 cm³/mol. The van der Waals surface area contributed by atoms with Crippen molar-refractivity contribution in [3.8, 4) is 5.75 Å².